The monoisotopic (exact) mass is 858 g/mol. The molecule has 0 fully saturated rings. The van der Waals surface area contributed by atoms with Gasteiger partial charge in [-0.25, -0.2) is 4.98 Å². The summed E-state index contributed by atoms with van der Waals surface area (Å²) in [6.07, 6.45) is 7.47. The van der Waals surface area contributed by atoms with Crippen LogP contribution in [0.15, 0.2) is 128 Å². The van der Waals surface area contributed by atoms with Gasteiger partial charge in [0.25, 0.3) is 0 Å². The number of pyridine rings is 2. The van der Waals surface area contributed by atoms with Crippen molar-refractivity contribution >= 4 is 90.5 Å². The minimum atomic E-state index is 0. The minimum absolute atomic E-state index is 0. The van der Waals surface area contributed by atoms with E-state index in [1.807, 2.05) is 86.6 Å². The summed E-state index contributed by atoms with van der Waals surface area (Å²) in [7, 11) is 0. The van der Waals surface area contributed by atoms with Crippen LogP contribution in [-0.4, -0.2) is 24.1 Å². The third-order valence-corrected chi connectivity index (χ3v) is 11.5. The third-order valence-electron chi connectivity index (χ3n) is 9.17. The molecule has 238 valence electrons. The Labute approximate surface area is 307 Å². The Kier molecular flexibility index (Phi) is 6.68. The van der Waals surface area contributed by atoms with Crippen molar-refractivity contribution in [2.45, 2.75) is 0 Å². The predicted octanol–water partition coefficient (Wildman–Crippen LogP) is 11.0. The molecule has 6 heterocycles. The zero-order valence-electron chi connectivity index (χ0n) is 25.9. The molecule has 50 heavy (non-hydrogen) atoms. The molecule has 6 nitrogen and oxygen atoms in total. The molecule has 5 aromatic carbocycles. The number of imidazole rings is 1. The number of hydrogen-bond acceptors (Lipinski definition) is 6. The zero-order valence-corrected chi connectivity index (χ0v) is 29.8. The maximum absolute atomic E-state index is 6.31. The van der Waals surface area contributed by atoms with Gasteiger partial charge in [-0.1, -0.05) is 53.2 Å². The van der Waals surface area contributed by atoms with Crippen molar-refractivity contribution in [3.8, 4) is 28.4 Å². The zero-order chi connectivity index (χ0) is 32.1. The van der Waals surface area contributed by atoms with Gasteiger partial charge in [0.1, 0.15) is 5.65 Å². The van der Waals surface area contributed by atoms with Gasteiger partial charge in [-0.05, 0) is 47.5 Å². The van der Waals surface area contributed by atoms with E-state index in [4.69, 9.17) is 9.84 Å². The van der Waals surface area contributed by atoms with E-state index in [9.17, 15) is 0 Å². The summed E-state index contributed by atoms with van der Waals surface area (Å²) in [5, 5.41) is 13.1. The van der Waals surface area contributed by atoms with Crippen molar-refractivity contribution in [1.82, 2.24) is 24.1 Å². The second-order valence-electron chi connectivity index (χ2n) is 12.0. The van der Waals surface area contributed by atoms with Crippen LogP contribution in [0.4, 0.5) is 0 Å². The van der Waals surface area contributed by atoms with Gasteiger partial charge < -0.3 is 9.14 Å². The van der Waals surface area contributed by atoms with E-state index in [1.54, 1.807) is 12.4 Å². The third kappa shape index (κ3) is 4.46. The summed E-state index contributed by atoms with van der Waals surface area (Å²) >= 11 is 3.74. The van der Waals surface area contributed by atoms with Crippen molar-refractivity contribution in [1.29, 1.82) is 0 Å². The molecule has 9 heteroatoms. The largest absolute Gasteiger partial charge is 2.00 e. The molecule has 0 spiro atoms. The summed E-state index contributed by atoms with van der Waals surface area (Å²) in [5.41, 5.74) is 4.41. The Balaban J connectivity index is 0.00000316. The fraction of sp³-hybridized carbons (Fsp3) is 0. The van der Waals surface area contributed by atoms with Crippen molar-refractivity contribution in [2.75, 3.05) is 0 Å². The number of fused-ring (bicyclic) bond motifs is 13. The van der Waals surface area contributed by atoms with Gasteiger partial charge in [0.15, 0.2) is 0 Å². The molecule has 0 radical (unpaired) electrons. The van der Waals surface area contributed by atoms with Gasteiger partial charge in [-0.3, -0.25) is 9.67 Å². The van der Waals surface area contributed by atoms with Gasteiger partial charge in [-0.15, -0.1) is 53.0 Å². The normalized spacial score (nSPS) is 11.8. The van der Waals surface area contributed by atoms with Gasteiger partial charge in [0.2, 0.25) is 0 Å². The molecule has 6 aromatic heterocycles. The number of hydrogen-bond donors (Lipinski definition) is 0. The first-order valence-corrected chi connectivity index (χ1v) is 17.5. The van der Waals surface area contributed by atoms with Gasteiger partial charge >= 0.3 is 21.1 Å². The second kappa shape index (κ2) is 11.3. The molecular formula is C41H21N5OPtS2. The van der Waals surface area contributed by atoms with Crippen LogP contribution in [0.2, 0.25) is 0 Å². The van der Waals surface area contributed by atoms with Gasteiger partial charge in [0, 0.05) is 82.2 Å². The van der Waals surface area contributed by atoms with Crippen LogP contribution in [0.3, 0.4) is 0 Å². The smallest absolute Gasteiger partial charge is 0.503 e. The topological polar surface area (TPSA) is 57.2 Å². The Morgan fingerprint density at radius 3 is 2.42 bits per heavy atom. The van der Waals surface area contributed by atoms with E-state index in [0.29, 0.717) is 11.5 Å². The minimum Gasteiger partial charge on any atom is -0.503 e. The molecule has 0 amide bonds. The molecule has 11 aromatic rings. The summed E-state index contributed by atoms with van der Waals surface area (Å²) in [6.45, 7) is 0. The molecule has 11 rings (SSSR count). The summed E-state index contributed by atoms with van der Waals surface area (Å²) in [5.74, 6) is 1.16. The van der Waals surface area contributed by atoms with Crippen LogP contribution in [0.5, 0.6) is 11.5 Å². The van der Waals surface area contributed by atoms with Crippen LogP contribution >= 0.6 is 22.7 Å². The van der Waals surface area contributed by atoms with Gasteiger partial charge in [0.05, 0.1) is 11.3 Å². The Morgan fingerprint density at radius 1 is 0.600 bits per heavy atom. The fourth-order valence-corrected chi connectivity index (χ4v) is 9.38. The van der Waals surface area contributed by atoms with E-state index in [2.05, 4.69) is 82.8 Å². The van der Waals surface area contributed by atoms with Crippen molar-refractivity contribution in [3.63, 3.8) is 0 Å². The number of ether oxygens (including phenoxy) is 1. The molecule has 0 saturated carbocycles. The number of aromatic nitrogens is 5. The molecular weight excluding hydrogens is 838 g/mol. The molecule has 0 aliphatic carbocycles. The molecule has 0 saturated heterocycles. The maximum Gasteiger partial charge on any atom is 2.00 e. The van der Waals surface area contributed by atoms with Crippen LogP contribution in [0.25, 0.3) is 84.7 Å². The van der Waals surface area contributed by atoms with Crippen LogP contribution < -0.4 is 4.74 Å². The van der Waals surface area contributed by atoms with Gasteiger partial charge in [-0.2, -0.15) is 11.2 Å². The molecule has 0 bridgehead atoms. The van der Waals surface area contributed by atoms with Crippen LogP contribution in [0, 0.1) is 12.1 Å². The maximum atomic E-state index is 6.31. The number of thiophene rings is 2. The molecule has 0 aliphatic heterocycles. The first kappa shape index (κ1) is 29.5. The average Bonchev–Trinajstić information content (AvgIpc) is 3.96. The summed E-state index contributed by atoms with van der Waals surface area (Å²) < 4.78 is 15.4. The fourth-order valence-electron chi connectivity index (χ4n) is 6.96. The molecule has 0 aliphatic rings. The quantitative estimate of drug-likeness (QED) is 0.131. The number of rotatable bonds is 4. The number of benzene rings is 5. The first-order chi connectivity index (χ1) is 24.2. The Bertz CT molecular complexity index is 3120. The van der Waals surface area contributed by atoms with E-state index in [0.717, 1.165) is 44.4 Å². The SMILES string of the molecule is [Pt+2].[c-]1c(Oc2[c-]c3c(cc2)c2cccnc2n2ccnc32)cccc1-n1ccc(-c2ccc3sc4c(ccc5sc6ccccc6c54)c3c2)n1. The van der Waals surface area contributed by atoms with E-state index in [1.165, 1.54) is 40.3 Å². The van der Waals surface area contributed by atoms with Crippen LogP contribution in [-0.2, 0) is 21.1 Å². The molecule has 0 N–H and O–H groups in total. The Morgan fingerprint density at radius 2 is 1.44 bits per heavy atom. The predicted molar refractivity (Wildman–Crippen MR) is 201 cm³/mol. The Hall–Kier alpha value is -5.40. The molecule has 0 unspecified atom stereocenters. The number of nitrogens with zero attached hydrogens (tertiary/aromatic N) is 5. The van der Waals surface area contributed by atoms with E-state index in [-0.39, 0.29) is 21.1 Å². The average molecular weight is 859 g/mol. The van der Waals surface area contributed by atoms with Crippen LogP contribution in [0.1, 0.15) is 0 Å². The molecule has 0 atom stereocenters. The van der Waals surface area contributed by atoms with Crippen molar-refractivity contribution in [3.05, 3.63) is 140 Å². The van der Waals surface area contributed by atoms with E-state index >= 15 is 0 Å². The van der Waals surface area contributed by atoms with E-state index < -0.39 is 0 Å². The standard InChI is InChI=1S/C41H21N5OS2.Pt/c1-2-9-35-31(7-1)38-37(48-35)15-13-29-32-21-24(10-14-36(32)49-39(29)38)34-16-19-46(44-34)25-5-3-6-26(22-25)47-27-11-12-28-30-8-4-17-42-40(30)45-20-18-43-41(45)33(28)23-27;/h1-21H;/q-2;+2. The first-order valence-electron chi connectivity index (χ1n) is 15.8. The summed E-state index contributed by atoms with van der Waals surface area (Å²) in [4.78, 5) is 9.18. The summed E-state index contributed by atoms with van der Waals surface area (Å²) in [6, 6.07) is 42.6. The van der Waals surface area contributed by atoms with Crippen molar-refractivity contribution < 1.29 is 25.8 Å². The van der Waals surface area contributed by atoms with Crippen molar-refractivity contribution in [2.24, 2.45) is 0 Å². The second-order valence-corrected chi connectivity index (χ2v) is 14.1.